The fourth-order valence-electron chi connectivity index (χ4n) is 6.04. The van der Waals surface area contributed by atoms with Crippen molar-refractivity contribution in [1.29, 1.82) is 0 Å². The summed E-state index contributed by atoms with van der Waals surface area (Å²) in [6.07, 6.45) is -2.87. The second-order valence-corrected chi connectivity index (χ2v) is 11.6. The minimum absolute atomic E-state index is 0.114. The van der Waals surface area contributed by atoms with Crippen LogP contribution in [0.4, 0.5) is 0 Å². The van der Waals surface area contributed by atoms with Crippen LogP contribution in [0.25, 0.3) is 0 Å². The smallest absolute Gasteiger partial charge is 0.253 e. The molecule has 2 aliphatic carbocycles. The lowest BCUT2D eigenvalue weighted by Gasteiger charge is -2.50. The standard InChI is InChI=1S/C25H46N6O8/c1-4-30-9-11-5-6-12(26)19(38-11)16-13(27)7-14(31-23(34)25(36)8-15(25)28)20(17(16)32)39-22-18(33)21(29-3)24(2,35)10-37-22/h5,12-22,29-30,32-33,35-36H,4,6-10,26-28H2,1-3H3,(H,31,34). The number of hydrogen-bond acceptors (Lipinski definition) is 13. The Bertz CT molecular complexity index is 910. The summed E-state index contributed by atoms with van der Waals surface area (Å²) in [4.78, 5) is 12.9. The molecule has 0 aromatic heterocycles. The first-order chi connectivity index (χ1) is 18.3. The summed E-state index contributed by atoms with van der Waals surface area (Å²) in [5, 5.41) is 52.6. The number of nitrogens with one attached hydrogen (secondary N) is 3. The van der Waals surface area contributed by atoms with E-state index in [-0.39, 0.29) is 19.4 Å². The van der Waals surface area contributed by atoms with Crippen LogP contribution < -0.4 is 33.2 Å². The van der Waals surface area contributed by atoms with Gasteiger partial charge < -0.3 is 67.8 Å². The predicted octanol–water partition coefficient (Wildman–Crippen LogP) is -4.31. The highest BCUT2D eigenvalue weighted by molar-refractivity contribution is 5.89. The van der Waals surface area contributed by atoms with Gasteiger partial charge in [0.15, 0.2) is 11.9 Å². The monoisotopic (exact) mass is 558 g/mol. The van der Waals surface area contributed by atoms with Crippen LogP contribution in [0.1, 0.15) is 33.1 Å². The van der Waals surface area contributed by atoms with Crippen molar-refractivity contribution in [3.8, 4) is 0 Å². The molecule has 13 atom stereocenters. The van der Waals surface area contributed by atoms with Crippen LogP contribution in [-0.2, 0) is 19.0 Å². The second-order valence-electron chi connectivity index (χ2n) is 11.6. The van der Waals surface area contributed by atoms with Crippen molar-refractivity contribution >= 4 is 5.91 Å². The maximum absolute atomic E-state index is 12.9. The molecule has 39 heavy (non-hydrogen) atoms. The third kappa shape index (κ3) is 6.11. The molecule has 2 heterocycles. The van der Waals surface area contributed by atoms with E-state index in [9.17, 15) is 25.2 Å². The third-order valence-electron chi connectivity index (χ3n) is 8.53. The number of amides is 1. The van der Waals surface area contributed by atoms with Gasteiger partial charge in [-0.05, 0) is 39.4 Å². The molecule has 2 aliphatic heterocycles. The van der Waals surface area contributed by atoms with E-state index in [0.29, 0.717) is 18.7 Å². The Labute approximate surface area is 228 Å². The summed E-state index contributed by atoms with van der Waals surface area (Å²) in [5.74, 6) is -0.668. The molecule has 3 fully saturated rings. The van der Waals surface area contributed by atoms with Gasteiger partial charge in [0.1, 0.15) is 29.7 Å². The van der Waals surface area contributed by atoms with Crippen LogP contribution in [0.15, 0.2) is 11.8 Å². The van der Waals surface area contributed by atoms with Gasteiger partial charge in [-0.15, -0.1) is 0 Å². The molecule has 14 nitrogen and oxygen atoms in total. The van der Waals surface area contributed by atoms with Crippen LogP contribution in [0.2, 0.25) is 0 Å². The van der Waals surface area contributed by atoms with Gasteiger partial charge in [-0.2, -0.15) is 0 Å². The zero-order chi connectivity index (χ0) is 28.7. The molecule has 1 saturated heterocycles. The van der Waals surface area contributed by atoms with Gasteiger partial charge >= 0.3 is 0 Å². The topological polar surface area (TPSA) is 240 Å². The number of likely N-dealkylation sites (N-methyl/N-ethyl adjacent to an activating group) is 2. The zero-order valence-electron chi connectivity index (χ0n) is 22.8. The quantitative estimate of drug-likeness (QED) is 0.129. The van der Waals surface area contributed by atoms with Crippen LogP contribution >= 0.6 is 0 Å². The molecular weight excluding hydrogens is 512 g/mol. The molecule has 4 rings (SSSR count). The van der Waals surface area contributed by atoms with Crippen LogP contribution in [-0.4, -0.2) is 125 Å². The van der Waals surface area contributed by atoms with Gasteiger partial charge in [-0.3, -0.25) is 4.79 Å². The van der Waals surface area contributed by atoms with Crippen molar-refractivity contribution in [2.75, 3.05) is 26.7 Å². The number of aliphatic hydroxyl groups is 4. The lowest BCUT2D eigenvalue weighted by Crippen LogP contribution is -2.69. The zero-order valence-corrected chi connectivity index (χ0v) is 22.8. The van der Waals surface area contributed by atoms with Crippen LogP contribution in [0.3, 0.4) is 0 Å². The number of carbonyl (C=O) groups excluding carboxylic acids is 1. The number of rotatable bonds is 9. The first-order valence-corrected chi connectivity index (χ1v) is 13.7. The summed E-state index contributed by atoms with van der Waals surface area (Å²) in [6, 6.07) is -3.42. The molecule has 0 aromatic carbocycles. The predicted molar refractivity (Wildman–Crippen MR) is 140 cm³/mol. The van der Waals surface area contributed by atoms with E-state index < -0.39 is 83.9 Å². The molecule has 0 radical (unpaired) electrons. The average molecular weight is 559 g/mol. The molecule has 13 N–H and O–H groups in total. The van der Waals surface area contributed by atoms with Crippen molar-refractivity contribution in [1.82, 2.24) is 16.0 Å². The van der Waals surface area contributed by atoms with Gasteiger partial charge in [0.05, 0.1) is 31.3 Å². The minimum Gasteiger partial charge on any atom is -0.492 e. The van der Waals surface area contributed by atoms with E-state index in [0.717, 1.165) is 6.54 Å². The van der Waals surface area contributed by atoms with Crippen molar-refractivity contribution in [2.45, 2.75) is 105 Å². The van der Waals surface area contributed by atoms with Crippen LogP contribution in [0, 0.1) is 5.92 Å². The molecular formula is C25H46N6O8. The van der Waals surface area contributed by atoms with E-state index in [4.69, 9.17) is 31.4 Å². The lowest BCUT2D eigenvalue weighted by molar-refractivity contribution is -0.297. The number of hydrogen-bond donors (Lipinski definition) is 10. The normalized spacial score (nSPS) is 48.2. The van der Waals surface area contributed by atoms with E-state index in [2.05, 4.69) is 16.0 Å². The summed E-state index contributed by atoms with van der Waals surface area (Å²) >= 11 is 0. The molecule has 224 valence electrons. The number of nitrogens with two attached hydrogens (primary N) is 3. The van der Waals surface area contributed by atoms with Gasteiger partial charge in [-0.25, -0.2) is 0 Å². The Morgan fingerprint density at radius 3 is 2.51 bits per heavy atom. The van der Waals surface area contributed by atoms with Crippen LogP contribution in [0.5, 0.6) is 0 Å². The molecule has 4 aliphatic rings. The Morgan fingerprint density at radius 1 is 1.21 bits per heavy atom. The Balaban J connectivity index is 1.57. The van der Waals surface area contributed by atoms with Gasteiger partial charge in [0.2, 0.25) is 0 Å². The Kier molecular flexibility index (Phi) is 9.25. The number of ether oxygens (including phenoxy) is 3. The average Bonchev–Trinajstić information content (AvgIpc) is 3.50. The first-order valence-electron chi connectivity index (χ1n) is 13.7. The Morgan fingerprint density at radius 2 is 1.90 bits per heavy atom. The van der Waals surface area contributed by atoms with Crippen molar-refractivity contribution in [3.63, 3.8) is 0 Å². The van der Waals surface area contributed by atoms with E-state index in [1.807, 2.05) is 13.0 Å². The fraction of sp³-hybridized carbons (Fsp3) is 0.880. The molecule has 14 heteroatoms. The molecule has 1 amide bonds. The van der Waals surface area contributed by atoms with Gasteiger partial charge in [0, 0.05) is 30.5 Å². The lowest BCUT2D eigenvalue weighted by atomic mass is 9.72. The number of aliphatic hydroxyl groups excluding tert-OH is 2. The molecule has 2 saturated carbocycles. The highest BCUT2D eigenvalue weighted by Crippen LogP contribution is 2.38. The second kappa shape index (κ2) is 11.8. The van der Waals surface area contributed by atoms with Crippen molar-refractivity contribution in [2.24, 2.45) is 23.1 Å². The van der Waals surface area contributed by atoms with Gasteiger partial charge in [0.25, 0.3) is 5.91 Å². The highest BCUT2D eigenvalue weighted by Gasteiger charge is 2.59. The van der Waals surface area contributed by atoms with E-state index >= 15 is 0 Å². The Hall–Kier alpha value is -1.43. The maximum atomic E-state index is 12.9. The van der Waals surface area contributed by atoms with Crippen molar-refractivity contribution < 1.29 is 39.4 Å². The minimum atomic E-state index is -1.70. The summed E-state index contributed by atoms with van der Waals surface area (Å²) in [6.45, 7) is 4.62. The first kappa shape index (κ1) is 30.5. The highest BCUT2D eigenvalue weighted by atomic mass is 16.7. The summed E-state index contributed by atoms with van der Waals surface area (Å²) < 4.78 is 18.0. The summed E-state index contributed by atoms with van der Waals surface area (Å²) in [5.41, 5.74) is 15.7. The summed E-state index contributed by atoms with van der Waals surface area (Å²) in [7, 11) is 1.60. The molecule has 13 unspecified atom stereocenters. The molecule has 0 spiro atoms. The van der Waals surface area contributed by atoms with Gasteiger partial charge in [-0.1, -0.05) is 6.92 Å². The SMILES string of the molecule is CCNCC1=CCC(N)C(C2C(N)CC(NC(=O)C3(O)CC3N)C(OC3OCC(C)(O)C(NC)C3O)C2O)O1. The fourth-order valence-corrected chi connectivity index (χ4v) is 6.04. The number of carbonyl (C=O) groups is 1. The van der Waals surface area contributed by atoms with E-state index in [1.54, 1.807) is 7.05 Å². The maximum Gasteiger partial charge on any atom is 0.253 e. The largest absolute Gasteiger partial charge is 0.492 e. The molecule has 0 bridgehead atoms. The van der Waals surface area contributed by atoms with Crippen molar-refractivity contribution in [3.05, 3.63) is 11.8 Å². The third-order valence-corrected chi connectivity index (χ3v) is 8.53. The molecule has 0 aromatic rings. The van der Waals surface area contributed by atoms with E-state index in [1.165, 1.54) is 6.92 Å².